The second-order valence-corrected chi connectivity index (χ2v) is 5.34. The van der Waals surface area contributed by atoms with E-state index >= 15 is 0 Å². The molecular weight excluding hydrogens is 240 g/mol. The number of aromatic nitrogens is 2. The van der Waals surface area contributed by atoms with E-state index in [1.54, 1.807) is 24.5 Å². The second-order valence-electron chi connectivity index (χ2n) is 5.34. The van der Waals surface area contributed by atoms with E-state index in [0.29, 0.717) is 5.56 Å². The van der Waals surface area contributed by atoms with E-state index in [2.05, 4.69) is 18.8 Å². The van der Waals surface area contributed by atoms with Gasteiger partial charge in [-0.2, -0.15) is 0 Å². The largest absolute Gasteiger partial charge is 0.478 e. The molecule has 0 radical (unpaired) electrons. The summed E-state index contributed by atoms with van der Waals surface area (Å²) in [5.41, 5.74) is 2.08. The number of carbonyl (C=O) groups is 1. The average Bonchev–Trinajstić information content (AvgIpc) is 2.76. The lowest BCUT2D eigenvalue weighted by atomic mass is 10.1. The number of carboxylic acids is 1. The fourth-order valence-corrected chi connectivity index (χ4v) is 2.20. The Morgan fingerprint density at radius 3 is 2.84 bits per heavy atom. The summed E-state index contributed by atoms with van der Waals surface area (Å²) in [5, 5.41) is 9.02. The van der Waals surface area contributed by atoms with Gasteiger partial charge in [0.1, 0.15) is 0 Å². The van der Waals surface area contributed by atoms with Crippen molar-refractivity contribution in [2.24, 2.45) is 5.92 Å². The maximum Gasteiger partial charge on any atom is 0.335 e. The average molecular weight is 260 g/mol. The molecule has 1 N–H and O–H groups in total. The van der Waals surface area contributed by atoms with Gasteiger partial charge in [-0.3, -0.25) is 0 Å². The van der Waals surface area contributed by atoms with Crippen molar-refractivity contribution in [1.29, 1.82) is 0 Å². The Bertz CT molecular complexity index is 573. The number of imidazole rings is 1. The molecule has 2 aromatic rings. The monoisotopic (exact) mass is 260 g/mol. The molecule has 19 heavy (non-hydrogen) atoms. The summed E-state index contributed by atoms with van der Waals surface area (Å²) in [6.07, 6.45) is 5.32. The van der Waals surface area contributed by atoms with Crippen LogP contribution in [0.3, 0.4) is 0 Å². The Hall–Kier alpha value is -1.84. The van der Waals surface area contributed by atoms with Gasteiger partial charge in [-0.1, -0.05) is 26.7 Å². The van der Waals surface area contributed by atoms with Gasteiger partial charge in [0.2, 0.25) is 0 Å². The van der Waals surface area contributed by atoms with Crippen LogP contribution in [0.1, 0.15) is 43.5 Å². The minimum atomic E-state index is -0.894. The number of rotatable bonds is 6. The van der Waals surface area contributed by atoms with E-state index in [1.807, 2.05) is 4.57 Å². The number of unbranched alkanes of at least 4 members (excludes halogenated alkanes) is 1. The minimum Gasteiger partial charge on any atom is -0.478 e. The highest BCUT2D eigenvalue weighted by Crippen LogP contribution is 2.16. The number of aromatic carboxylic acids is 1. The van der Waals surface area contributed by atoms with E-state index in [1.165, 1.54) is 12.8 Å². The van der Waals surface area contributed by atoms with Crippen molar-refractivity contribution in [3.8, 4) is 0 Å². The lowest BCUT2D eigenvalue weighted by Gasteiger charge is -2.06. The molecule has 0 saturated heterocycles. The van der Waals surface area contributed by atoms with E-state index in [9.17, 15) is 4.79 Å². The minimum absolute atomic E-state index is 0.316. The van der Waals surface area contributed by atoms with Gasteiger partial charge in [0.25, 0.3) is 0 Å². The zero-order valence-corrected chi connectivity index (χ0v) is 11.5. The Morgan fingerprint density at radius 2 is 2.16 bits per heavy atom. The number of hydrogen-bond acceptors (Lipinski definition) is 2. The van der Waals surface area contributed by atoms with Crippen LogP contribution in [0.2, 0.25) is 0 Å². The topological polar surface area (TPSA) is 55.1 Å². The molecule has 0 aliphatic rings. The summed E-state index contributed by atoms with van der Waals surface area (Å²) in [6, 6.07) is 5.07. The lowest BCUT2D eigenvalue weighted by molar-refractivity contribution is 0.0697. The van der Waals surface area contributed by atoms with E-state index in [4.69, 9.17) is 5.11 Å². The van der Waals surface area contributed by atoms with Gasteiger partial charge in [0, 0.05) is 6.54 Å². The zero-order chi connectivity index (χ0) is 13.8. The molecule has 0 aliphatic carbocycles. The van der Waals surface area contributed by atoms with Crippen LogP contribution < -0.4 is 0 Å². The quantitative estimate of drug-likeness (QED) is 0.808. The third kappa shape index (κ3) is 3.34. The zero-order valence-electron chi connectivity index (χ0n) is 11.5. The maximum atomic E-state index is 11.0. The molecule has 2 rings (SSSR count). The molecule has 4 heteroatoms. The molecule has 0 fully saturated rings. The van der Waals surface area contributed by atoms with Crippen LogP contribution in [-0.4, -0.2) is 20.6 Å². The molecule has 0 spiro atoms. The third-order valence-corrected chi connectivity index (χ3v) is 3.30. The number of carboxylic acid groups (broad SMARTS) is 1. The summed E-state index contributed by atoms with van der Waals surface area (Å²) in [5.74, 6) is -0.160. The van der Waals surface area contributed by atoms with Crippen molar-refractivity contribution in [3.63, 3.8) is 0 Å². The fourth-order valence-electron chi connectivity index (χ4n) is 2.20. The number of fused-ring (bicyclic) bond motifs is 1. The molecule has 1 aromatic heterocycles. The van der Waals surface area contributed by atoms with Crippen molar-refractivity contribution in [2.45, 2.75) is 39.7 Å². The Kier molecular flexibility index (Phi) is 4.20. The molecule has 0 atom stereocenters. The summed E-state index contributed by atoms with van der Waals surface area (Å²) in [4.78, 5) is 15.3. The molecule has 0 saturated carbocycles. The Morgan fingerprint density at radius 1 is 1.37 bits per heavy atom. The normalized spacial score (nSPS) is 11.3. The molecule has 0 unspecified atom stereocenters. The van der Waals surface area contributed by atoms with Crippen LogP contribution in [0.4, 0.5) is 0 Å². The molecule has 4 nitrogen and oxygen atoms in total. The molecule has 0 aliphatic heterocycles. The van der Waals surface area contributed by atoms with Gasteiger partial charge in [-0.25, -0.2) is 9.78 Å². The molecule has 102 valence electrons. The van der Waals surface area contributed by atoms with Crippen molar-refractivity contribution >= 4 is 17.0 Å². The van der Waals surface area contributed by atoms with Crippen molar-refractivity contribution in [3.05, 3.63) is 30.1 Å². The van der Waals surface area contributed by atoms with Crippen LogP contribution >= 0.6 is 0 Å². The number of hydrogen-bond donors (Lipinski definition) is 1. The summed E-state index contributed by atoms with van der Waals surface area (Å²) >= 11 is 0. The first-order valence-electron chi connectivity index (χ1n) is 6.76. The first-order chi connectivity index (χ1) is 9.08. The number of nitrogens with zero attached hydrogens (tertiary/aromatic N) is 2. The van der Waals surface area contributed by atoms with Crippen molar-refractivity contribution in [2.75, 3.05) is 0 Å². The summed E-state index contributed by atoms with van der Waals surface area (Å²) < 4.78 is 2.04. The van der Waals surface area contributed by atoms with E-state index in [-0.39, 0.29) is 0 Å². The standard InChI is InChI=1S/C15H20N2O2/c1-11(2)5-3-4-8-17-10-16-13-7-6-12(15(18)19)9-14(13)17/h6-7,9-11H,3-5,8H2,1-2H3,(H,18,19). The van der Waals surface area contributed by atoms with Crippen LogP contribution in [0.5, 0.6) is 0 Å². The van der Waals surface area contributed by atoms with Crippen molar-refractivity contribution in [1.82, 2.24) is 9.55 Å². The predicted octanol–water partition coefficient (Wildman–Crippen LogP) is 3.56. The number of benzene rings is 1. The van der Waals surface area contributed by atoms with Gasteiger partial charge in [-0.05, 0) is 30.5 Å². The van der Waals surface area contributed by atoms with E-state index in [0.717, 1.165) is 29.9 Å². The van der Waals surface area contributed by atoms with Gasteiger partial charge in [-0.15, -0.1) is 0 Å². The van der Waals surface area contributed by atoms with E-state index < -0.39 is 5.97 Å². The molecule has 1 heterocycles. The fraction of sp³-hybridized carbons (Fsp3) is 0.467. The second kappa shape index (κ2) is 5.87. The van der Waals surface area contributed by atoms with Gasteiger partial charge in [0.15, 0.2) is 0 Å². The Balaban J connectivity index is 2.10. The smallest absolute Gasteiger partial charge is 0.335 e. The Labute approximate surface area is 113 Å². The van der Waals surface area contributed by atoms with Crippen LogP contribution in [0.25, 0.3) is 11.0 Å². The molecular formula is C15H20N2O2. The SMILES string of the molecule is CC(C)CCCCn1cnc2ccc(C(=O)O)cc21. The van der Waals surface area contributed by atoms with Crippen LogP contribution in [0, 0.1) is 5.92 Å². The highest BCUT2D eigenvalue weighted by atomic mass is 16.4. The lowest BCUT2D eigenvalue weighted by Crippen LogP contribution is -2.00. The first-order valence-corrected chi connectivity index (χ1v) is 6.76. The van der Waals surface area contributed by atoms with Crippen molar-refractivity contribution < 1.29 is 9.90 Å². The molecule has 1 aromatic carbocycles. The third-order valence-electron chi connectivity index (χ3n) is 3.30. The maximum absolute atomic E-state index is 11.0. The summed E-state index contributed by atoms with van der Waals surface area (Å²) in [7, 11) is 0. The highest BCUT2D eigenvalue weighted by Gasteiger charge is 2.07. The van der Waals surface area contributed by atoms with Crippen LogP contribution in [-0.2, 0) is 6.54 Å². The summed E-state index contributed by atoms with van der Waals surface area (Å²) in [6.45, 7) is 5.35. The predicted molar refractivity (Wildman–Crippen MR) is 75.4 cm³/mol. The van der Waals surface area contributed by atoms with Gasteiger partial charge >= 0.3 is 5.97 Å². The van der Waals surface area contributed by atoms with Gasteiger partial charge in [0.05, 0.1) is 22.9 Å². The number of aryl methyl sites for hydroxylation is 1. The molecule has 0 bridgehead atoms. The van der Waals surface area contributed by atoms with Gasteiger partial charge < -0.3 is 9.67 Å². The highest BCUT2D eigenvalue weighted by molar-refractivity contribution is 5.92. The first kappa shape index (κ1) is 13.6. The van der Waals surface area contributed by atoms with Crippen LogP contribution in [0.15, 0.2) is 24.5 Å². The molecule has 0 amide bonds.